The first-order valence-corrected chi connectivity index (χ1v) is 4.30. The van der Waals surface area contributed by atoms with Crippen LogP contribution in [0.5, 0.6) is 0 Å². The lowest BCUT2D eigenvalue weighted by Crippen LogP contribution is -2.42. The normalized spacial score (nSPS) is 20.8. The standard InChI is InChI=1S/C8H16N2O2/c1-12-8(11)7(9)6-10-4-2-3-5-10/h7H,2-6,9H2,1H3/t7-/m0/s1. The molecule has 0 aromatic rings. The lowest BCUT2D eigenvalue weighted by Gasteiger charge is -2.17. The van der Waals surface area contributed by atoms with Crippen LogP contribution in [0.4, 0.5) is 0 Å². The van der Waals surface area contributed by atoms with Crippen molar-refractivity contribution in [3.05, 3.63) is 0 Å². The molecule has 4 nitrogen and oxygen atoms in total. The lowest BCUT2D eigenvalue weighted by atomic mass is 10.3. The molecule has 0 unspecified atom stereocenters. The smallest absolute Gasteiger partial charge is 0.323 e. The largest absolute Gasteiger partial charge is 0.468 e. The van der Waals surface area contributed by atoms with Crippen molar-refractivity contribution in [3.63, 3.8) is 0 Å². The molecular weight excluding hydrogens is 156 g/mol. The van der Waals surface area contributed by atoms with E-state index in [4.69, 9.17) is 5.73 Å². The van der Waals surface area contributed by atoms with Crippen LogP contribution in [-0.4, -0.2) is 43.7 Å². The lowest BCUT2D eigenvalue weighted by molar-refractivity contribution is -0.142. The second-order valence-electron chi connectivity index (χ2n) is 3.14. The average Bonchev–Trinajstić information content (AvgIpc) is 2.55. The number of esters is 1. The minimum atomic E-state index is -0.479. The highest BCUT2D eigenvalue weighted by molar-refractivity contribution is 5.75. The third-order valence-corrected chi connectivity index (χ3v) is 2.16. The second-order valence-corrected chi connectivity index (χ2v) is 3.14. The molecule has 1 rings (SSSR count). The van der Waals surface area contributed by atoms with Crippen molar-refractivity contribution in [2.75, 3.05) is 26.7 Å². The van der Waals surface area contributed by atoms with E-state index < -0.39 is 6.04 Å². The third kappa shape index (κ3) is 2.46. The van der Waals surface area contributed by atoms with Gasteiger partial charge in [-0.2, -0.15) is 0 Å². The maximum atomic E-state index is 10.9. The number of carbonyl (C=O) groups excluding carboxylic acids is 1. The predicted molar refractivity (Wildman–Crippen MR) is 45.7 cm³/mol. The summed E-state index contributed by atoms with van der Waals surface area (Å²) >= 11 is 0. The van der Waals surface area contributed by atoms with E-state index >= 15 is 0 Å². The maximum Gasteiger partial charge on any atom is 0.323 e. The van der Waals surface area contributed by atoms with Gasteiger partial charge in [0.15, 0.2) is 0 Å². The molecule has 4 heteroatoms. The molecule has 0 aromatic heterocycles. The molecule has 0 bridgehead atoms. The highest BCUT2D eigenvalue weighted by Gasteiger charge is 2.19. The fourth-order valence-corrected chi connectivity index (χ4v) is 1.47. The zero-order valence-corrected chi connectivity index (χ0v) is 7.45. The average molecular weight is 172 g/mol. The summed E-state index contributed by atoms with van der Waals surface area (Å²) in [6.45, 7) is 2.75. The van der Waals surface area contributed by atoms with E-state index in [9.17, 15) is 4.79 Å². The second kappa shape index (κ2) is 4.42. The van der Waals surface area contributed by atoms with Gasteiger partial charge in [-0.15, -0.1) is 0 Å². The summed E-state index contributed by atoms with van der Waals surface area (Å²) in [5.41, 5.74) is 5.59. The molecular formula is C8H16N2O2. The Morgan fingerprint density at radius 3 is 2.67 bits per heavy atom. The summed E-state index contributed by atoms with van der Waals surface area (Å²) in [5, 5.41) is 0. The zero-order valence-electron chi connectivity index (χ0n) is 7.45. The van der Waals surface area contributed by atoms with Crippen LogP contribution in [0.15, 0.2) is 0 Å². The van der Waals surface area contributed by atoms with Crippen molar-refractivity contribution in [3.8, 4) is 0 Å². The quantitative estimate of drug-likeness (QED) is 0.588. The number of hydrogen-bond acceptors (Lipinski definition) is 4. The summed E-state index contributed by atoms with van der Waals surface area (Å²) in [6.07, 6.45) is 2.43. The summed E-state index contributed by atoms with van der Waals surface area (Å²) in [4.78, 5) is 13.1. The zero-order chi connectivity index (χ0) is 8.97. The fraction of sp³-hybridized carbons (Fsp3) is 0.875. The molecule has 0 amide bonds. The Hall–Kier alpha value is -0.610. The van der Waals surface area contributed by atoms with Crippen molar-refractivity contribution < 1.29 is 9.53 Å². The van der Waals surface area contributed by atoms with E-state index in [-0.39, 0.29) is 5.97 Å². The molecule has 1 aliphatic rings. The van der Waals surface area contributed by atoms with Gasteiger partial charge in [-0.1, -0.05) is 0 Å². The van der Waals surface area contributed by atoms with E-state index in [0.29, 0.717) is 6.54 Å². The van der Waals surface area contributed by atoms with Crippen molar-refractivity contribution in [1.82, 2.24) is 4.90 Å². The SMILES string of the molecule is COC(=O)[C@@H](N)CN1CCCC1. The summed E-state index contributed by atoms with van der Waals surface area (Å²) in [6, 6.07) is -0.479. The number of nitrogens with two attached hydrogens (primary N) is 1. The van der Waals surface area contributed by atoms with Crippen molar-refractivity contribution in [1.29, 1.82) is 0 Å². The van der Waals surface area contributed by atoms with Crippen LogP contribution in [0.2, 0.25) is 0 Å². The Kier molecular flexibility index (Phi) is 3.49. The minimum absolute atomic E-state index is 0.318. The molecule has 12 heavy (non-hydrogen) atoms. The molecule has 1 atom stereocenters. The van der Waals surface area contributed by atoms with Crippen molar-refractivity contribution >= 4 is 5.97 Å². The van der Waals surface area contributed by atoms with E-state index in [2.05, 4.69) is 9.64 Å². The van der Waals surface area contributed by atoms with Crippen LogP contribution < -0.4 is 5.73 Å². The molecule has 0 saturated carbocycles. The van der Waals surface area contributed by atoms with Crippen LogP contribution in [0.1, 0.15) is 12.8 Å². The van der Waals surface area contributed by atoms with Gasteiger partial charge in [0, 0.05) is 6.54 Å². The van der Waals surface area contributed by atoms with Gasteiger partial charge in [0.25, 0.3) is 0 Å². The number of ether oxygens (including phenoxy) is 1. The summed E-state index contributed by atoms with van der Waals surface area (Å²) in [7, 11) is 1.37. The Morgan fingerprint density at radius 2 is 2.17 bits per heavy atom. The molecule has 2 N–H and O–H groups in total. The maximum absolute atomic E-state index is 10.9. The van der Waals surface area contributed by atoms with Gasteiger partial charge < -0.3 is 15.4 Å². The van der Waals surface area contributed by atoms with Gasteiger partial charge in [0.1, 0.15) is 6.04 Å². The number of methoxy groups -OCH3 is 1. The molecule has 0 aromatic carbocycles. The van der Waals surface area contributed by atoms with Gasteiger partial charge in [0.2, 0.25) is 0 Å². The predicted octanol–water partition coefficient (Wildman–Crippen LogP) is -0.417. The highest BCUT2D eigenvalue weighted by atomic mass is 16.5. The molecule has 1 fully saturated rings. The molecule has 1 saturated heterocycles. The van der Waals surface area contributed by atoms with E-state index in [1.807, 2.05) is 0 Å². The number of rotatable bonds is 3. The first kappa shape index (κ1) is 9.48. The van der Waals surface area contributed by atoms with E-state index in [1.54, 1.807) is 0 Å². The van der Waals surface area contributed by atoms with Gasteiger partial charge in [0.05, 0.1) is 7.11 Å². The van der Waals surface area contributed by atoms with Crippen LogP contribution >= 0.6 is 0 Å². The van der Waals surface area contributed by atoms with E-state index in [1.165, 1.54) is 20.0 Å². The molecule has 0 spiro atoms. The van der Waals surface area contributed by atoms with Crippen LogP contribution in [-0.2, 0) is 9.53 Å². The van der Waals surface area contributed by atoms with E-state index in [0.717, 1.165) is 13.1 Å². The minimum Gasteiger partial charge on any atom is -0.468 e. The van der Waals surface area contributed by atoms with Gasteiger partial charge >= 0.3 is 5.97 Å². The molecule has 1 aliphatic heterocycles. The number of nitrogens with zero attached hydrogens (tertiary/aromatic N) is 1. The third-order valence-electron chi connectivity index (χ3n) is 2.16. The Morgan fingerprint density at radius 1 is 1.58 bits per heavy atom. The first-order valence-electron chi connectivity index (χ1n) is 4.30. The number of carbonyl (C=O) groups is 1. The fourth-order valence-electron chi connectivity index (χ4n) is 1.47. The molecule has 70 valence electrons. The van der Waals surface area contributed by atoms with Crippen LogP contribution in [0, 0.1) is 0 Å². The van der Waals surface area contributed by atoms with Gasteiger partial charge in [-0.05, 0) is 25.9 Å². The van der Waals surface area contributed by atoms with Crippen LogP contribution in [0.3, 0.4) is 0 Å². The Bertz CT molecular complexity index is 155. The van der Waals surface area contributed by atoms with Crippen molar-refractivity contribution in [2.45, 2.75) is 18.9 Å². The highest BCUT2D eigenvalue weighted by Crippen LogP contribution is 2.07. The topological polar surface area (TPSA) is 55.6 Å². The number of hydrogen-bond donors (Lipinski definition) is 1. The number of likely N-dealkylation sites (tertiary alicyclic amines) is 1. The monoisotopic (exact) mass is 172 g/mol. The molecule has 0 aliphatic carbocycles. The first-order chi connectivity index (χ1) is 5.74. The van der Waals surface area contributed by atoms with Gasteiger partial charge in [-0.3, -0.25) is 4.79 Å². The Balaban J connectivity index is 2.24. The van der Waals surface area contributed by atoms with Crippen LogP contribution in [0.25, 0.3) is 0 Å². The summed E-state index contributed by atoms with van der Waals surface area (Å²) < 4.78 is 4.53. The molecule has 1 heterocycles. The molecule has 0 radical (unpaired) electrons. The van der Waals surface area contributed by atoms with Crippen molar-refractivity contribution in [2.24, 2.45) is 5.73 Å². The summed E-state index contributed by atoms with van der Waals surface area (Å²) in [5.74, 6) is -0.318. The Labute approximate surface area is 72.7 Å². The van der Waals surface area contributed by atoms with Gasteiger partial charge in [-0.25, -0.2) is 0 Å².